The minimum Gasteiger partial charge on any atom is -0.478 e. The molecule has 17 heavy (non-hydrogen) atoms. The first-order chi connectivity index (χ1) is 7.85. The quantitative estimate of drug-likeness (QED) is 0.655. The number of anilines is 1. The van der Waals surface area contributed by atoms with Gasteiger partial charge in [0.15, 0.2) is 0 Å². The lowest BCUT2D eigenvalue weighted by Gasteiger charge is -2.23. The number of urea groups is 1. The number of carboxylic acids is 1. The number of carboxylic acid groups (broad SMARTS) is 1. The van der Waals surface area contributed by atoms with E-state index >= 15 is 0 Å². The van der Waals surface area contributed by atoms with E-state index in [1.165, 1.54) is 6.07 Å². The van der Waals surface area contributed by atoms with E-state index in [-0.39, 0.29) is 17.2 Å². The van der Waals surface area contributed by atoms with Gasteiger partial charge in [-0.15, -0.1) is 11.3 Å². The van der Waals surface area contributed by atoms with E-state index in [4.69, 9.17) is 10.2 Å². The second-order valence-electron chi connectivity index (χ2n) is 4.09. The molecule has 4 N–H and O–H groups in total. The second kappa shape index (κ2) is 5.15. The van der Waals surface area contributed by atoms with Crippen molar-refractivity contribution >= 4 is 28.3 Å². The SMILES string of the molecule is CC(C)(CO)NC(=O)Nc1sccc1C(=O)O. The summed E-state index contributed by atoms with van der Waals surface area (Å²) in [4.78, 5) is 22.3. The molecule has 94 valence electrons. The lowest BCUT2D eigenvalue weighted by Crippen LogP contribution is -2.48. The Morgan fingerprint density at radius 1 is 1.47 bits per heavy atom. The molecule has 0 saturated heterocycles. The van der Waals surface area contributed by atoms with Gasteiger partial charge in [-0.05, 0) is 25.3 Å². The Balaban J connectivity index is 2.69. The Kier molecular flexibility index (Phi) is 4.08. The molecule has 0 saturated carbocycles. The minimum atomic E-state index is -1.09. The van der Waals surface area contributed by atoms with Crippen LogP contribution in [0.25, 0.3) is 0 Å². The van der Waals surface area contributed by atoms with Gasteiger partial charge >= 0.3 is 12.0 Å². The largest absolute Gasteiger partial charge is 0.478 e. The third-order valence-electron chi connectivity index (χ3n) is 1.97. The van der Waals surface area contributed by atoms with E-state index in [0.29, 0.717) is 0 Å². The summed E-state index contributed by atoms with van der Waals surface area (Å²) in [5.41, 5.74) is -0.711. The zero-order valence-electron chi connectivity index (χ0n) is 9.48. The summed E-state index contributed by atoms with van der Waals surface area (Å²) in [5, 5.41) is 24.6. The van der Waals surface area contributed by atoms with Crippen LogP contribution in [0.5, 0.6) is 0 Å². The molecule has 6 nitrogen and oxygen atoms in total. The Bertz CT molecular complexity index is 428. The fraction of sp³-hybridized carbons (Fsp3) is 0.400. The summed E-state index contributed by atoms with van der Waals surface area (Å²) in [7, 11) is 0. The van der Waals surface area contributed by atoms with Gasteiger partial charge in [0.2, 0.25) is 0 Å². The molecule has 0 radical (unpaired) electrons. The second-order valence-corrected chi connectivity index (χ2v) is 5.01. The van der Waals surface area contributed by atoms with Gasteiger partial charge in [-0.3, -0.25) is 5.32 Å². The van der Waals surface area contributed by atoms with E-state index < -0.39 is 17.5 Å². The van der Waals surface area contributed by atoms with E-state index in [0.717, 1.165) is 11.3 Å². The highest BCUT2D eigenvalue weighted by molar-refractivity contribution is 7.14. The van der Waals surface area contributed by atoms with Gasteiger partial charge in [-0.1, -0.05) is 0 Å². The van der Waals surface area contributed by atoms with E-state index in [2.05, 4.69) is 10.6 Å². The molecule has 1 aromatic heterocycles. The molecule has 0 spiro atoms. The van der Waals surface area contributed by atoms with Gasteiger partial charge in [0.05, 0.1) is 17.7 Å². The van der Waals surface area contributed by atoms with Crippen molar-refractivity contribution in [3.8, 4) is 0 Å². The molecular weight excluding hydrogens is 244 g/mol. The van der Waals surface area contributed by atoms with Crippen LogP contribution >= 0.6 is 11.3 Å². The molecule has 0 aromatic carbocycles. The van der Waals surface area contributed by atoms with Crippen molar-refractivity contribution in [3.05, 3.63) is 17.0 Å². The van der Waals surface area contributed by atoms with Crippen LogP contribution < -0.4 is 10.6 Å². The summed E-state index contributed by atoms with van der Waals surface area (Å²) < 4.78 is 0. The number of aliphatic hydroxyl groups excluding tert-OH is 1. The molecular formula is C10H14N2O4S. The third kappa shape index (κ3) is 3.72. The Hall–Kier alpha value is -1.60. The molecule has 0 bridgehead atoms. The van der Waals surface area contributed by atoms with Crippen LogP contribution in [0.2, 0.25) is 0 Å². The predicted octanol–water partition coefficient (Wildman–Crippen LogP) is 1.34. The molecule has 0 aliphatic carbocycles. The lowest BCUT2D eigenvalue weighted by molar-refractivity contribution is 0.0698. The molecule has 0 fully saturated rings. The van der Waals surface area contributed by atoms with Crippen molar-refractivity contribution in [2.24, 2.45) is 0 Å². The van der Waals surface area contributed by atoms with Crippen molar-refractivity contribution in [1.29, 1.82) is 0 Å². The lowest BCUT2D eigenvalue weighted by atomic mass is 10.1. The van der Waals surface area contributed by atoms with Gasteiger partial charge in [0.1, 0.15) is 5.00 Å². The number of carbonyl (C=O) groups is 2. The standard InChI is InChI=1S/C10H14N2O4S/c1-10(2,5-13)12-9(16)11-7-6(8(14)15)3-4-17-7/h3-4,13H,5H2,1-2H3,(H,14,15)(H2,11,12,16). The van der Waals surface area contributed by atoms with Crippen LogP contribution in [0, 0.1) is 0 Å². The summed E-state index contributed by atoms with van der Waals surface area (Å²) >= 11 is 1.12. The monoisotopic (exact) mass is 258 g/mol. The van der Waals surface area contributed by atoms with Crippen molar-refractivity contribution < 1.29 is 19.8 Å². The highest BCUT2D eigenvalue weighted by Crippen LogP contribution is 2.23. The van der Waals surface area contributed by atoms with Crippen LogP contribution in [0.15, 0.2) is 11.4 Å². The molecule has 0 aliphatic rings. The number of thiophene rings is 1. The van der Waals surface area contributed by atoms with Crippen LogP contribution in [0.1, 0.15) is 24.2 Å². The van der Waals surface area contributed by atoms with Gasteiger partial charge in [0, 0.05) is 0 Å². The third-order valence-corrected chi connectivity index (χ3v) is 2.80. The smallest absolute Gasteiger partial charge is 0.338 e. The number of aliphatic hydroxyl groups is 1. The first kappa shape index (κ1) is 13.5. The first-order valence-electron chi connectivity index (χ1n) is 4.86. The highest BCUT2D eigenvalue weighted by atomic mass is 32.1. The number of amides is 2. The summed E-state index contributed by atoms with van der Waals surface area (Å²) in [6.45, 7) is 3.09. The fourth-order valence-electron chi connectivity index (χ4n) is 1.06. The Morgan fingerprint density at radius 3 is 2.65 bits per heavy atom. The Labute approximate surface area is 102 Å². The number of nitrogens with one attached hydrogen (secondary N) is 2. The van der Waals surface area contributed by atoms with Crippen molar-refractivity contribution in [2.75, 3.05) is 11.9 Å². The van der Waals surface area contributed by atoms with Gasteiger partial charge in [-0.2, -0.15) is 0 Å². The molecule has 1 aromatic rings. The molecule has 2 amide bonds. The van der Waals surface area contributed by atoms with Crippen LogP contribution in [-0.4, -0.2) is 34.4 Å². The van der Waals surface area contributed by atoms with Crippen molar-refractivity contribution in [2.45, 2.75) is 19.4 Å². The number of rotatable bonds is 4. The summed E-state index contributed by atoms with van der Waals surface area (Å²) in [6.07, 6.45) is 0. The van der Waals surface area contributed by atoms with Gasteiger partial charge in [-0.25, -0.2) is 9.59 Å². The summed E-state index contributed by atoms with van der Waals surface area (Å²) in [5.74, 6) is -1.09. The maximum absolute atomic E-state index is 11.5. The van der Waals surface area contributed by atoms with E-state index in [1.807, 2.05) is 0 Å². The van der Waals surface area contributed by atoms with Gasteiger partial charge in [0.25, 0.3) is 0 Å². The highest BCUT2D eigenvalue weighted by Gasteiger charge is 2.20. The normalized spacial score (nSPS) is 11.0. The number of aromatic carboxylic acids is 1. The maximum Gasteiger partial charge on any atom is 0.338 e. The Morgan fingerprint density at radius 2 is 2.12 bits per heavy atom. The van der Waals surface area contributed by atoms with Crippen LogP contribution in [0.4, 0.5) is 9.80 Å². The average molecular weight is 258 g/mol. The van der Waals surface area contributed by atoms with Crippen LogP contribution in [-0.2, 0) is 0 Å². The van der Waals surface area contributed by atoms with Gasteiger partial charge < -0.3 is 15.5 Å². The predicted molar refractivity (Wildman–Crippen MR) is 64.6 cm³/mol. The zero-order chi connectivity index (χ0) is 13.1. The summed E-state index contributed by atoms with van der Waals surface area (Å²) in [6, 6.07) is 0.869. The fourth-order valence-corrected chi connectivity index (χ4v) is 1.83. The van der Waals surface area contributed by atoms with Crippen LogP contribution in [0.3, 0.4) is 0 Å². The molecule has 0 atom stereocenters. The molecule has 7 heteroatoms. The number of hydrogen-bond donors (Lipinski definition) is 4. The molecule has 1 heterocycles. The maximum atomic E-state index is 11.5. The number of hydrogen-bond acceptors (Lipinski definition) is 4. The topological polar surface area (TPSA) is 98.7 Å². The average Bonchev–Trinajstić information content (AvgIpc) is 2.65. The van der Waals surface area contributed by atoms with Crippen molar-refractivity contribution in [3.63, 3.8) is 0 Å². The van der Waals surface area contributed by atoms with Crippen molar-refractivity contribution in [1.82, 2.24) is 5.32 Å². The van der Waals surface area contributed by atoms with E-state index in [9.17, 15) is 9.59 Å². The molecule has 0 aliphatic heterocycles. The molecule has 1 rings (SSSR count). The van der Waals surface area contributed by atoms with E-state index in [1.54, 1.807) is 19.2 Å². The zero-order valence-corrected chi connectivity index (χ0v) is 10.3. The molecule has 0 unspecified atom stereocenters. The first-order valence-corrected chi connectivity index (χ1v) is 5.74. The number of carbonyl (C=O) groups excluding carboxylic acids is 1. The minimum absolute atomic E-state index is 0.0481.